The van der Waals surface area contributed by atoms with E-state index in [1.807, 2.05) is 0 Å². The molecule has 0 unspecified atom stereocenters. The van der Waals surface area contributed by atoms with Crippen molar-refractivity contribution in [1.29, 1.82) is 0 Å². The molecule has 0 aliphatic rings. The molecular weight excluding hydrogens is 401 g/mol. The third-order valence-electron chi connectivity index (χ3n) is 3.42. The highest BCUT2D eigenvalue weighted by molar-refractivity contribution is 7.17. The Morgan fingerprint density at radius 3 is 2.61 bits per heavy atom. The number of ether oxygens (including phenoxy) is 1. The van der Waals surface area contributed by atoms with E-state index in [2.05, 4.69) is 24.8 Å². The van der Waals surface area contributed by atoms with Crippen molar-refractivity contribution < 1.29 is 32.3 Å². The van der Waals surface area contributed by atoms with E-state index in [0.29, 0.717) is 9.84 Å². The van der Waals surface area contributed by atoms with Gasteiger partial charge in [-0.2, -0.15) is 18.2 Å². The molecule has 0 amide bonds. The highest BCUT2D eigenvalue weighted by atomic mass is 32.1. The van der Waals surface area contributed by atoms with Crippen LogP contribution in [0.3, 0.4) is 0 Å². The van der Waals surface area contributed by atoms with Gasteiger partial charge in [-0.1, -0.05) is 28.6 Å². The van der Waals surface area contributed by atoms with Crippen molar-refractivity contribution >= 4 is 34.5 Å². The van der Waals surface area contributed by atoms with E-state index >= 15 is 0 Å². The minimum Gasteiger partial charge on any atom is -0.411 e. The van der Waals surface area contributed by atoms with Gasteiger partial charge in [-0.15, -0.1) is 5.10 Å². The first kappa shape index (κ1) is 19.5. The number of ketones is 1. The number of fused-ring (bicyclic) bond motifs is 1. The lowest BCUT2D eigenvalue weighted by molar-refractivity contribution is -0.137. The third kappa shape index (κ3) is 4.34. The average Bonchev–Trinajstić information content (AvgIpc) is 3.19. The highest BCUT2D eigenvalue weighted by Gasteiger charge is 2.30. The Kier molecular flexibility index (Phi) is 5.40. The smallest absolute Gasteiger partial charge is 0.411 e. The number of alkyl halides is 3. The zero-order valence-corrected chi connectivity index (χ0v) is 15.0. The highest BCUT2D eigenvalue weighted by Crippen LogP contribution is 2.29. The second-order valence-corrected chi connectivity index (χ2v) is 6.42. The van der Waals surface area contributed by atoms with E-state index in [1.54, 1.807) is 0 Å². The molecule has 0 saturated heterocycles. The molecule has 0 aliphatic heterocycles. The molecule has 12 heteroatoms. The van der Waals surface area contributed by atoms with Crippen LogP contribution in [0, 0.1) is 0 Å². The summed E-state index contributed by atoms with van der Waals surface area (Å²) in [5, 5.41) is 7.28. The van der Waals surface area contributed by atoms with Gasteiger partial charge in [-0.3, -0.25) is 9.59 Å². The maximum Gasteiger partial charge on any atom is 0.416 e. The van der Waals surface area contributed by atoms with Gasteiger partial charge in [0.05, 0.1) is 12.0 Å². The number of carbonyl (C=O) groups excluding carboxylic acids is 2. The quantitative estimate of drug-likeness (QED) is 0.203. The van der Waals surface area contributed by atoms with Gasteiger partial charge in [0.1, 0.15) is 7.11 Å². The van der Waals surface area contributed by atoms with Crippen LogP contribution in [0.2, 0.25) is 0 Å². The Bertz CT molecular complexity index is 1010. The fraction of sp³-hybridized carbons (Fsp3) is 0.188. The standard InChI is InChI=1S/C16H11F3N4O4S/c1-26-20-8-27-12(24)6-11-7-23-15(28-11)21-14(22-23)13(25)9-2-4-10(5-3-9)16(17,18)19/h2-5,7-8H,6H2,1H3/b20-8+. The number of nitrogens with zero attached hydrogens (tertiary/aromatic N) is 4. The first-order valence-corrected chi connectivity index (χ1v) is 8.41. The molecule has 0 spiro atoms. The summed E-state index contributed by atoms with van der Waals surface area (Å²) in [5.74, 6) is -1.35. The van der Waals surface area contributed by atoms with Crippen molar-refractivity contribution in [2.45, 2.75) is 12.6 Å². The monoisotopic (exact) mass is 412 g/mol. The number of hydrogen-bond donors (Lipinski definition) is 0. The number of oxime groups is 1. The molecule has 3 rings (SSSR count). The average molecular weight is 412 g/mol. The van der Waals surface area contributed by atoms with Crippen molar-refractivity contribution in [3.63, 3.8) is 0 Å². The number of thiazole rings is 1. The second kappa shape index (κ2) is 7.76. The van der Waals surface area contributed by atoms with Crippen LogP contribution in [0.1, 0.15) is 26.6 Å². The molecule has 0 aliphatic carbocycles. The van der Waals surface area contributed by atoms with Crippen molar-refractivity contribution in [2.75, 3.05) is 7.11 Å². The van der Waals surface area contributed by atoms with Gasteiger partial charge in [-0.25, -0.2) is 4.52 Å². The molecule has 0 N–H and O–H groups in total. The predicted octanol–water partition coefficient (Wildman–Crippen LogP) is 2.72. The molecule has 3 aromatic rings. The number of benzene rings is 1. The van der Waals surface area contributed by atoms with Crippen LogP contribution in [-0.4, -0.2) is 39.9 Å². The lowest BCUT2D eigenvalue weighted by atomic mass is 10.1. The SMILES string of the molecule is CO/N=C/OC(=O)Cc1cn2nc(C(=O)c3ccc(C(F)(F)F)cc3)nc2s1. The number of hydrogen-bond acceptors (Lipinski definition) is 8. The van der Waals surface area contributed by atoms with Crippen molar-refractivity contribution in [2.24, 2.45) is 5.16 Å². The molecule has 28 heavy (non-hydrogen) atoms. The summed E-state index contributed by atoms with van der Waals surface area (Å²) < 4.78 is 43.8. The third-order valence-corrected chi connectivity index (χ3v) is 4.39. The zero-order valence-electron chi connectivity index (χ0n) is 14.1. The molecule has 146 valence electrons. The molecular formula is C16H11F3N4O4S. The van der Waals surface area contributed by atoms with Crippen LogP contribution in [0.15, 0.2) is 35.6 Å². The lowest BCUT2D eigenvalue weighted by Gasteiger charge is -2.06. The van der Waals surface area contributed by atoms with Crippen LogP contribution in [0.4, 0.5) is 13.2 Å². The van der Waals surface area contributed by atoms with E-state index in [1.165, 1.54) is 17.8 Å². The first-order valence-electron chi connectivity index (χ1n) is 7.59. The maximum absolute atomic E-state index is 12.6. The van der Waals surface area contributed by atoms with Gasteiger partial charge in [0.25, 0.3) is 0 Å². The van der Waals surface area contributed by atoms with Crippen molar-refractivity contribution in [3.05, 3.63) is 52.3 Å². The summed E-state index contributed by atoms with van der Waals surface area (Å²) in [4.78, 5) is 33.3. The number of carbonyl (C=O) groups is 2. The van der Waals surface area contributed by atoms with Gasteiger partial charge in [0, 0.05) is 16.6 Å². The minimum atomic E-state index is -4.48. The van der Waals surface area contributed by atoms with Gasteiger partial charge < -0.3 is 9.57 Å². The maximum atomic E-state index is 12.6. The fourth-order valence-electron chi connectivity index (χ4n) is 2.17. The lowest BCUT2D eigenvalue weighted by Crippen LogP contribution is -2.08. The Labute approximate surface area is 159 Å². The van der Waals surface area contributed by atoms with Gasteiger partial charge in [0.2, 0.25) is 23.0 Å². The zero-order chi connectivity index (χ0) is 20.3. The number of esters is 1. The summed E-state index contributed by atoms with van der Waals surface area (Å²) in [6.45, 7) is 0. The van der Waals surface area contributed by atoms with E-state index in [4.69, 9.17) is 0 Å². The molecule has 2 aromatic heterocycles. The molecule has 0 atom stereocenters. The molecule has 2 heterocycles. The molecule has 0 fully saturated rings. The van der Waals surface area contributed by atoms with Gasteiger partial charge >= 0.3 is 12.1 Å². The van der Waals surface area contributed by atoms with Crippen molar-refractivity contribution in [3.8, 4) is 0 Å². The van der Waals surface area contributed by atoms with E-state index in [9.17, 15) is 22.8 Å². The Balaban J connectivity index is 1.72. The first-order chi connectivity index (χ1) is 13.3. The van der Waals surface area contributed by atoms with E-state index in [-0.39, 0.29) is 17.8 Å². The van der Waals surface area contributed by atoms with Crippen LogP contribution in [0.5, 0.6) is 0 Å². The van der Waals surface area contributed by atoms with Crippen LogP contribution < -0.4 is 0 Å². The second-order valence-electron chi connectivity index (χ2n) is 5.32. The largest absolute Gasteiger partial charge is 0.416 e. The normalized spacial score (nSPS) is 11.9. The summed E-state index contributed by atoms with van der Waals surface area (Å²) in [7, 11) is 1.30. The molecule has 0 bridgehead atoms. The van der Waals surface area contributed by atoms with E-state index in [0.717, 1.165) is 42.0 Å². The Morgan fingerprint density at radius 1 is 1.29 bits per heavy atom. The molecule has 0 saturated carbocycles. The molecule has 8 nitrogen and oxygen atoms in total. The van der Waals surface area contributed by atoms with Crippen LogP contribution in [-0.2, 0) is 27.0 Å². The fourth-order valence-corrected chi connectivity index (χ4v) is 3.06. The minimum absolute atomic E-state index is 0.0347. The molecule has 1 aromatic carbocycles. The Hall–Kier alpha value is -3.28. The Morgan fingerprint density at radius 2 is 2.00 bits per heavy atom. The van der Waals surface area contributed by atoms with Crippen LogP contribution >= 0.6 is 11.3 Å². The van der Waals surface area contributed by atoms with Crippen molar-refractivity contribution in [1.82, 2.24) is 14.6 Å². The van der Waals surface area contributed by atoms with Gasteiger partial charge in [-0.05, 0) is 12.1 Å². The predicted molar refractivity (Wildman–Crippen MR) is 91.0 cm³/mol. The topological polar surface area (TPSA) is 95.1 Å². The summed E-state index contributed by atoms with van der Waals surface area (Å²) in [5.41, 5.74) is -0.817. The van der Waals surface area contributed by atoms with Gasteiger partial charge in [0.15, 0.2) is 0 Å². The number of rotatable bonds is 6. The number of halogens is 3. The summed E-state index contributed by atoms with van der Waals surface area (Å²) >= 11 is 1.12. The van der Waals surface area contributed by atoms with Crippen LogP contribution in [0.25, 0.3) is 4.96 Å². The van der Waals surface area contributed by atoms with E-state index < -0.39 is 23.5 Å². The number of aromatic nitrogens is 3. The summed E-state index contributed by atoms with van der Waals surface area (Å²) in [6.07, 6.45) is -2.18. The molecule has 0 radical (unpaired) electrons. The summed E-state index contributed by atoms with van der Waals surface area (Å²) in [6, 6.07) is 3.79.